The van der Waals surface area contributed by atoms with Gasteiger partial charge < -0.3 is 4.74 Å². The Morgan fingerprint density at radius 3 is 2.93 bits per heavy atom. The van der Waals surface area contributed by atoms with Gasteiger partial charge in [-0.15, -0.1) is 0 Å². The van der Waals surface area contributed by atoms with Gasteiger partial charge in [0.15, 0.2) is 0 Å². The zero-order valence-electron chi connectivity index (χ0n) is 8.67. The molecule has 0 spiro atoms. The van der Waals surface area contributed by atoms with Crippen LogP contribution < -0.4 is 4.74 Å². The van der Waals surface area contributed by atoms with Crippen LogP contribution >= 0.6 is 0 Å². The van der Waals surface area contributed by atoms with E-state index in [1.54, 1.807) is 0 Å². The molecule has 1 aromatic rings. The molecule has 0 unspecified atom stereocenters. The van der Waals surface area contributed by atoms with Crippen molar-refractivity contribution in [3.05, 3.63) is 29.3 Å². The number of hydrogen-bond acceptors (Lipinski definition) is 1. The summed E-state index contributed by atoms with van der Waals surface area (Å²) in [4.78, 5) is 0. The molecule has 0 aromatic heterocycles. The Bertz CT molecular complexity index is 342. The number of aryl methyl sites for hydroxylation is 1. The molecule has 0 saturated heterocycles. The van der Waals surface area contributed by atoms with Crippen molar-refractivity contribution in [2.75, 3.05) is 0 Å². The standard InChI is InChI=1S/C12H15O2/c1-12(2)6-5-10-7-9(8-13)3-4-11(10)14-12/h3-4,7H,5-6,8H2,1-2H3. The first-order chi connectivity index (χ1) is 6.61. The van der Waals surface area contributed by atoms with E-state index in [9.17, 15) is 5.11 Å². The minimum absolute atomic E-state index is 0.0635. The Morgan fingerprint density at radius 2 is 2.21 bits per heavy atom. The predicted molar refractivity (Wildman–Crippen MR) is 53.9 cm³/mol. The number of benzene rings is 1. The third-order valence-electron chi connectivity index (χ3n) is 2.67. The van der Waals surface area contributed by atoms with Crippen LogP contribution in [0.3, 0.4) is 0 Å². The maximum absolute atomic E-state index is 10.7. The highest BCUT2D eigenvalue weighted by Crippen LogP contribution is 2.33. The van der Waals surface area contributed by atoms with Gasteiger partial charge in [0.05, 0.1) is 0 Å². The SMILES string of the molecule is CC1(C)CCc2cc(C[O])ccc2O1. The average molecular weight is 191 g/mol. The van der Waals surface area contributed by atoms with Gasteiger partial charge in [0.25, 0.3) is 0 Å². The molecule has 2 nitrogen and oxygen atoms in total. The van der Waals surface area contributed by atoms with Crippen LogP contribution in [0.5, 0.6) is 5.75 Å². The van der Waals surface area contributed by atoms with Crippen LogP contribution in [0.1, 0.15) is 31.4 Å². The molecule has 75 valence electrons. The van der Waals surface area contributed by atoms with E-state index in [0.29, 0.717) is 0 Å². The highest BCUT2D eigenvalue weighted by atomic mass is 16.5. The molecule has 0 atom stereocenters. The normalized spacial score (nSPS) is 18.5. The largest absolute Gasteiger partial charge is 0.488 e. The van der Waals surface area contributed by atoms with Crippen LogP contribution in [-0.4, -0.2) is 5.60 Å². The molecule has 2 heteroatoms. The Kier molecular flexibility index (Phi) is 2.23. The highest BCUT2D eigenvalue weighted by Gasteiger charge is 2.26. The van der Waals surface area contributed by atoms with Crippen LogP contribution in [0.4, 0.5) is 0 Å². The molecule has 1 aliphatic rings. The molecule has 0 N–H and O–H groups in total. The molecule has 0 fully saturated rings. The van der Waals surface area contributed by atoms with Crippen LogP contribution in [0.2, 0.25) is 0 Å². The maximum atomic E-state index is 10.7. The van der Waals surface area contributed by atoms with Gasteiger partial charge in [-0.25, -0.2) is 5.11 Å². The molecule has 0 saturated carbocycles. The van der Waals surface area contributed by atoms with Crippen molar-refractivity contribution in [1.82, 2.24) is 0 Å². The molecule has 2 rings (SSSR count). The van der Waals surface area contributed by atoms with E-state index in [4.69, 9.17) is 4.74 Å². The predicted octanol–water partition coefficient (Wildman–Crippen LogP) is 2.72. The summed E-state index contributed by atoms with van der Waals surface area (Å²) in [7, 11) is 0. The fourth-order valence-electron chi connectivity index (χ4n) is 1.80. The molecular formula is C12H15O2. The number of fused-ring (bicyclic) bond motifs is 1. The van der Waals surface area contributed by atoms with Crippen molar-refractivity contribution in [1.29, 1.82) is 0 Å². The fourth-order valence-corrected chi connectivity index (χ4v) is 1.80. The number of ether oxygens (including phenoxy) is 1. The van der Waals surface area contributed by atoms with Gasteiger partial charge in [-0.05, 0) is 49.9 Å². The van der Waals surface area contributed by atoms with Gasteiger partial charge in [-0.2, -0.15) is 0 Å². The van der Waals surface area contributed by atoms with Gasteiger partial charge in [0.2, 0.25) is 0 Å². The Balaban J connectivity index is 2.32. The lowest BCUT2D eigenvalue weighted by atomic mass is 9.93. The Hall–Kier alpha value is -1.02. The van der Waals surface area contributed by atoms with E-state index in [2.05, 4.69) is 13.8 Å². The second kappa shape index (κ2) is 3.28. The zero-order valence-corrected chi connectivity index (χ0v) is 8.67. The smallest absolute Gasteiger partial charge is 0.123 e. The summed E-state index contributed by atoms with van der Waals surface area (Å²) in [5, 5.41) is 10.7. The minimum Gasteiger partial charge on any atom is -0.488 e. The van der Waals surface area contributed by atoms with Crippen molar-refractivity contribution in [2.24, 2.45) is 0 Å². The van der Waals surface area contributed by atoms with Crippen molar-refractivity contribution in [3.8, 4) is 5.75 Å². The molecule has 1 aliphatic heterocycles. The maximum Gasteiger partial charge on any atom is 0.123 e. The quantitative estimate of drug-likeness (QED) is 0.671. The van der Waals surface area contributed by atoms with Crippen molar-refractivity contribution in [2.45, 2.75) is 38.9 Å². The van der Waals surface area contributed by atoms with Crippen molar-refractivity contribution < 1.29 is 9.84 Å². The molecule has 1 radical (unpaired) electrons. The average Bonchev–Trinajstić information content (AvgIpc) is 2.16. The molecular weight excluding hydrogens is 176 g/mol. The zero-order chi connectivity index (χ0) is 10.2. The van der Waals surface area contributed by atoms with Gasteiger partial charge >= 0.3 is 0 Å². The first kappa shape index (κ1) is 9.53. The lowest BCUT2D eigenvalue weighted by Crippen LogP contribution is -2.32. The minimum atomic E-state index is -0.142. The Labute approximate surface area is 84.5 Å². The first-order valence-electron chi connectivity index (χ1n) is 5.00. The lowest BCUT2D eigenvalue weighted by Gasteiger charge is -2.32. The summed E-state index contributed by atoms with van der Waals surface area (Å²) in [6.07, 6.45) is 2.03. The van der Waals surface area contributed by atoms with Crippen molar-refractivity contribution >= 4 is 0 Å². The van der Waals surface area contributed by atoms with E-state index >= 15 is 0 Å². The summed E-state index contributed by atoms with van der Waals surface area (Å²) in [6.45, 7) is 4.05. The third kappa shape index (κ3) is 1.75. The van der Waals surface area contributed by atoms with Gasteiger partial charge in [-0.1, -0.05) is 6.07 Å². The van der Waals surface area contributed by atoms with Crippen LogP contribution in [-0.2, 0) is 18.1 Å². The summed E-state index contributed by atoms with van der Waals surface area (Å²) >= 11 is 0. The van der Waals surface area contributed by atoms with Crippen LogP contribution in [0.15, 0.2) is 18.2 Å². The molecule has 1 aromatic carbocycles. The number of rotatable bonds is 1. The second-order valence-electron chi connectivity index (χ2n) is 4.45. The van der Waals surface area contributed by atoms with E-state index in [1.165, 1.54) is 5.56 Å². The third-order valence-corrected chi connectivity index (χ3v) is 2.67. The van der Waals surface area contributed by atoms with E-state index in [1.807, 2.05) is 18.2 Å². The van der Waals surface area contributed by atoms with E-state index < -0.39 is 0 Å². The highest BCUT2D eigenvalue weighted by molar-refractivity contribution is 5.39. The molecule has 14 heavy (non-hydrogen) atoms. The number of hydrogen-bond donors (Lipinski definition) is 0. The second-order valence-corrected chi connectivity index (χ2v) is 4.45. The monoisotopic (exact) mass is 191 g/mol. The van der Waals surface area contributed by atoms with E-state index in [0.717, 1.165) is 24.2 Å². The van der Waals surface area contributed by atoms with Gasteiger partial charge in [0, 0.05) is 0 Å². The van der Waals surface area contributed by atoms with Gasteiger partial charge in [0.1, 0.15) is 18.0 Å². The molecule has 0 bridgehead atoms. The van der Waals surface area contributed by atoms with Crippen LogP contribution in [0, 0.1) is 0 Å². The lowest BCUT2D eigenvalue weighted by molar-refractivity contribution is 0.0844. The molecule has 1 heterocycles. The topological polar surface area (TPSA) is 29.1 Å². The molecule has 0 amide bonds. The summed E-state index contributed by atoms with van der Waals surface area (Å²) in [5.74, 6) is 0.943. The first-order valence-corrected chi connectivity index (χ1v) is 5.00. The fraction of sp³-hybridized carbons (Fsp3) is 0.500. The Morgan fingerprint density at radius 1 is 1.43 bits per heavy atom. The van der Waals surface area contributed by atoms with Crippen molar-refractivity contribution in [3.63, 3.8) is 0 Å². The summed E-state index contributed by atoms with van der Waals surface area (Å²) in [6, 6.07) is 5.74. The summed E-state index contributed by atoms with van der Waals surface area (Å²) in [5.41, 5.74) is 1.97. The van der Waals surface area contributed by atoms with Gasteiger partial charge in [-0.3, -0.25) is 0 Å². The summed E-state index contributed by atoms with van der Waals surface area (Å²) < 4.78 is 5.82. The molecule has 0 aliphatic carbocycles. The van der Waals surface area contributed by atoms with Crippen LogP contribution in [0.25, 0.3) is 0 Å². The van der Waals surface area contributed by atoms with E-state index in [-0.39, 0.29) is 12.2 Å².